The Kier molecular flexibility index (Phi) is 9.83. The maximum atomic E-state index is 14.3. The molecule has 10 nitrogen and oxygen atoms in total. The second kappa shape index (κ2) is 13.8. The number of carbonyl (C=O) groups excluding carboxylic acids is 2. The summed E-state index contributed by atoms with van der Waals surface area (Å²) in [6.45, 7) is 0.547. The summed E-state index contributed by atoms with van der Waals surface area (Å²) in [5, 5.41) is 0.557. The van der Waals surface area contributed by atoms with E-state index in [1.807, 2.05) is 30.3 Å². The van der Waals surface area contributed by atoms with Crippen molar-refractivity contribution in [1.82, 2.24) is 15.4 Å². The minimum atomic E-state index is -3.99. The van der Waals surface area contributed by atoms with Gasteiger partial charge in [-0.1, -0.05) is 47.5 Å². The molecule has 1 N–H and O–H groups in total. The maximum Gasteiger partial charge on any atom is 0.255 e. The molecule has 4 aromatic rings. The first-order valence-corrected chi connectivity index (χ1v) is 18.0. The second-order valence-electron chi connectivity index (χ2n) is 11.2. The number of amides is 2. The van der Waals surface area contributed by atoms with Crippen molar-refractivity contribution in [1.29, 1.82) is 0 Å². The van der Waals surface area contributed by atoms with Crippen molar-refractivity contribution in [2.24, 2.45) is 0 Å². The third-order valence-electron chi connectivity index (χ3n) is 8.29. The number of halogens is 2. The number of nitrogens with zero attached hydrogens (tertiary/aromatic N) is 2. The predicted octanol–water partition coefficient (Wildman–Crippen LogP) is 6.50. The quantitative estimate of drug-likeness (QED) is 0.206. The van der Waals surface area contributed by atoms with Gasteiger partial charge in [0.2, 0.25) is 5.91 Å². The number of ether oxygens (including phenoxy) is 1. The molecule has 0 spiro atoms. The number of hydrogen-bond donors (Lipinski definition) is 1. The molecule has 2 aliphatic rings. The van der Waals surface area contributed by atoms with Crippen LogP contribution in [0.4, 0.5) is 0 Å². The van der Waals surface area contributed by atoms with E-state index in [4.69, 9.17) is 37.2 Å². The molecule has 2 atom stereocenters. The van der Waals surface area contributed by atoms with Crippen molar-refractivity contribution in [2.75, 3.05) is 25.4 Å². The molecule has 4 heterocycles. The molecule has 2 aliphatic heterocycles. The van der Waals surface area contributed by atoms with Gasteiger partial charge in [0.05, 0.1) is 29.0 Å². The molecule has 2 amide bonds. The molecule has 0 saturated carbocycles. The summed E-state index contributed by atoms with van der Waals surface area (Å²) in [5.74, 6) is -0.714. The molecular formula is C32H31Cl2N3O7S2. The highest BCUT2D eigenvalue weighted by Crippen LogP contribution is 2.45. The zero-order valence-corrected chi connectivity index (χ0v) is 27.8. The van der Waals surface area contributed by atoms with Gasteiger partial charge in [0.25, 0.3) is 5.91 Å². The van der Waals surface area contributed by atoms with Crippen LogP contribution in [0.15, 0.2) is 71.6 Å². The fraction of sp³-hybridized carbons (Fsp3) is 0.344. The third kappa shape index (κ3) is 6.87. The Morgan fingerprint density at radius 3 is 2.59 bits per heavy atom. The van der Waals surface area contributed by atoms with E-state index in [0.29, 0.717) is 28.7 Å². The Hall–Kier alpha value is -3.26. The van der Waals surface area contributed by atoms with E-state index in [1.54, 1.807) is 18.3 Å². The minimum Gasteiger partial charge on any atom is -0.444 e. The van der Waals surface area contributed by atoms with Crippen LogP contribution in [-0.2, 0) is 29.0 Å². The van der Waals surface area contributed by atoms with E-state index in [2.05, 4.69) is 10.5 Å². The lowest BCUT2D eigenvalue weighted by atomic mass is 9.97. The molecule has 2 aromatic carbocycles. The molecule has 14 heteroatoms. The van der Waals surface area contributed by atoms with Crippen LogP contribution in [0, 0.1) is 0 Å². The Morgan fingerprint density at radius 1 is 1.07 bits per heavy atom. The molecule has 6 rings (SSSR count). The van der Waals surface area contributed by atoms with E-state index in [1.165, 1.54) is 34.8 Å². The van der Waals surface area contributed by atoms with Crippen LogP contribution in [0.25, 0.3) is 21.8 Å². The standard InChI is InChI=1S/C32H31Cl2N3O7S2/c33-23-8-9-24(25(34)17-23)31(39)37-13-12-32(46(40,41)16-14-37,18-29(38)36-44-30-3-1-2-15-42-30)28-11-10-27(45-28)22-6-4-21(5-7-22)26-19-35-20-43-26/h4-11,17,19-20,30H,1-3,12-16,18H2,(H,36,38). The molecule has 46 heavy (non-hydrogen) atoms. The zero-order chi connectivity index (χ0) is 32.3. The van der Waals surface area contributed by atoms with Crippen LogP contribution in [0.2, 0.25) is 10.0 Å². The van der Waals surface area contributed by atoms with Gasteiger partial charge in [-0.05, 0) is 55.2 Å². The van der Waals surface area contributed by atoms with Gasteiger partial charge < -0.3 is 14.1 Å². The summed E-state index contributed by atoms with van der Waals surface area (Å²) in [7, 11) is -3.99. The van der Waals surface area contributed by atoms with Gasteiger partial charge in [0.1, 0.15) is 4.75 Å². The summed E-state index contributed by atoms with van der Waals surface area (Å²) in [6, 6.07) is 15.8. The van der Waals surface area contributed by atoms with Gasteiger partial charge in [-0.3, -0.25) is 9.59 Å². The number of rotatable bonds is 8. The molecule has 0 radical (unpaired) electrons. The van der Waals surface area contributed by atoms with Crippen molar-refractivity contribution < 1.29 is 32.0 Å². The zero-order valence-electron chi connectivity index (χ0n) is 24.6. The largest absolute Gasteiger partial charge is 0.444 e. The minimum absolute atomic E-state index is 0.00991. The highest BCUT2D eigenvalue weighted by Gasteiger charge is 2.50. The number of thiophene rings is 1. The lowest BCUT2D eigenvalue weighted by Gasteiger charge is -2.31. The van der Waals surface area contributed by atoms with Gasteiger partial charge in [-0.25, -0.2) is 23.7 Å². The van der Waals surface area contributed by atoms with E-state index in [-0.39, 0.29) is 35.8 Å². The van der Waals surface area contributed by atoms with E-state index < -0.39 is 39.1 Å². The van der Waals surface area contributed by atoms with Crippen molar-refractivity contribution in [3.63, 3.8) is 0 Å². The van der Waals surface area contributed by atoms with Crippen LogP contribution in [0.1, 0.15) is 47.3 Å². The summed E-state index contributed by atoms with van der Waals surface area (Å²) in [4.78, 5) is 39.2. The maximum absolute atomic E-state index is 14.3. The number of hydrogen-bond acceptors (Lipinski definition) is 9. The summed E-state index contributed by atoms with van der Waals surface area (Å²) in [5.41, 5.74) is 4.38. The SMILES string of the molecule is O=C(CC1(c2ccc(-c3ccc(-c4cnco4)cc3)s2)CCN(C(=O)c2ccc(Cl)cc2Cl)CCS1(=O)=O)NOC1CCCCO1. The summed E-state index contributed by atoms with van der Waals surface area (Å²) in [6.07, 6.45) is 4.43. The molecule has 0 aliphatic carbocycles. The Balaban J connectivity index is 1.30. The van der Waals surface area contributed by atoms with Gasteiger partial charge in [-0.15, -0.1) is 11.3 Å². The number of nitrogens with one attached hydrogen (secondary N) is 1. The first-order valence-electron chi connectivity index (χ1n) is 14.8. The number of carbonyl (C=O) groups is 2. The number of sulfone groups is 1. The van der Waals surface area contributed by atoms with Gasteiger partial charge >= 0.3 is 0 Å². The van der Waals surface area contributed by atoms with Gasteiger partial charge in [0.15, 0.2) is 28.3 Å². The lowest BCUT2D eigenvalue weighted by molar-refractivity contribution is -0.200. The highest BCUT2D eigenvalue weighted by molar-refractivity contribution is 7.92. The van der Waals surface area contributed by atoms with Crippen LogP contribution in [-0.4, -0.2) is 61.9 Å². The number of benzene rings is 2. The number of hydroxylamine groups is 1. The van der Waals surface area contributed by atoms with Crippen LogP contribution in [0.5, 0.6) is 0 Å². The smallest absolute Gasteiger partial charge is 0.255 e. The predicted molar refractivity (Wildman–Crippen MR) is 175 cm³/mol. The molecule has 2 unspecified atom stereocenters. The first kappa shape index (κ1) is 32.7. The van der Waals surface area contributed by atoms with Crippen LogP contribution >= 0.6 is 34.5 Å². The topological polar surface area (TPSA) is 128 Å². The highest BCUT2D eigenvalue weighted by atomic mass is 35.5. The van der Waals surface area contributed by atoms with Crippen molar-refractivity contribution in [3.8, 4) is 21.8 Å². The molecule has 242 valence electrons. The average molecular weight is 705 g/mol. The van der Waals surface area contributed by atoms with Crippen molar-refractivity contribution >= 4 is 56.2 Å². The Bertz CT molecular complexity index is 1810. The third-order valence-corrected chi connectivity index (χ3v) is 12.8. The Morgan fingerprint density at radius 2 is 1.87 bits per heavy atom. The fourth-order valence-corrected chi connectivity index (χ4v) is 9.83. The molecule has 2 aromatic heterocycles. The fourth-order valence-electron chi connectivity index (χ4n) is 5.73. The molecule has 0 bridgehead atoms. The number of aromatic nitrogens is 1. The molecule has 2 fully saturated rings. The van der Waals surface area contributed by atoms with Crippen LogP contribution in [0.3, 0.4) is 0 Å². The van der Waals surface area contributed by atoms with E-state index in [0.717, 1.165) is 28.8 Å². The lowest BCUT2D eigenvalue weighted by Crippen LogP contribution is -2.43. The average Bonchev–Trinajstić information content (AvgIpc) is 3.75. The number of oxazole rings is 1. The molecular weight excluding hydrogens is 673 g/mol. The summed E-state index contributed by atoms with van der Waals surface area (Å²) < 4.78 is 37.9. The van der Waals surface area contributed by atoms with Gasteiger partial charge in [-0.2, -0.15) is 0 Å². The Labute approximate surface area is 280 Å². The van der Waals surface area contributed by atoms with Gasteiger partial charge in [0, 0.05) is 46.5 Å². The van der Waals surface area contributed by atoms with E-state index >= 15 is 0 Å². The summed E-state index contributed by atoms with van der Waals surface area (Å²) >= 11 is 13.7. The normalized spacial score (nSPS) is 21.4. The molecule has 2 saturated heterocycles. The second-order valence-corrected chi connectivity index (χ2v) is 15.5. The van der Waals surface area contributed by atoms with Crippen LogP contribution < -0.4 is 5.48 Å². The first-order chi connectivity index (χ1) is 22.1. The monoisotopic (exact) mass is 703 g/mol. The van der Waals surface area contributed by atoms with Crippen molar-refractivity contribution in [3.05, 3.63) is 87.7 Å². The van der Waals surface area contributed by atoms with E-state index in [9.17, 15) is 18.0 Å². The van der Waals surface area contributed by atoms with Crippen molar-refractivity contribution in [2.45, 2.75) is 43.1 Å².